The van der Waals surface area contributed by atoms with Gasteiger partial charge in [-0.1, -0.05) is 24.3 Å². The number of carbonyl (C=O) groups is 2. The van der Waals surface area contributed by atoms with Crippen molar-refractivity contribution in [3.63, 3.8) is 0 Å². The van der Waals surface area contributed by atoms with E-state index in [0.29, 0.717) is 0 Å². The standard InChI is InChI=1S/C18H26O6/c1-17(2,3)23-21-15(19)11-13-7-9-14(10-8-13)12-16(20)22-24-18(4,5)6/h7-10H,11-12H2,1-6H3. The van der Waals surface area contributed by atoms with Gasteiger partial charge in [0.25, 0.3) is 0 Å². The van der Waals surface area contributed by atoms with Gasteiger partial charge in [0.2, 0.25) is 0 Å². The van der Waals surface area contributed by atoms with E-state index >= 15 is 0 Å². The number of hydrogen-bond acceptors (Lipinski definition) is 6. The Kier molecular flexibility index (Phi) is 6.93. The molecule has 0 fully saturated rings. The van der Waals surface area contributed by atoms with Crippen LogP contribution >= 0.6 is 0 Å². The van der Waals surface area contributed by atoms with E-state index in [4.69, 9.17) is 19.6 Å². The Hall–Kier alpha value is -1.92. The summed E-state index contributed by atoms with van der Waals surface area (Å²) in [4.78, 5) is 42.7. The third-order valence-corrected chi connectivity index (χ3v) is 2.49. The lowest BCUT2D eigenvalue weighted by Crippen LogP contribution is -2.22. The highest BCUT2D eigenvalue weighted by Gasteiger charge is 2.17. The lowest BCUT2D eigenvalue weighted by molar-refractivity contribution is -0.320. The second kappa shape index (κ2) is 8.26. The van der Waals surface area contributed by atoms with Crippen LogP contribution in [0.1, 0.15) is 52.7 Å². The van der Waals surface area contributed by atoms with Gasteiger partial charge in [0.1, 0.15) is 11.2 Å². The van der Waals surface area contributed by atoms with E-state index in [1.807, 2.05) is 0 Å². The second-order valence-electron chi connectivity index (χ2n) is 7.47. The summed E-state index contributed by atoms with van der Waals surface area (Å²) in [5, 5.41) is 0. The Bertz CT molecular complexity index is 497. The second-order valence-corrected chi connectivity index (χ2v) is 7.47. The molecule has 1 rings (SSSR count). The number of hydrogen-bond donors (Lipinski definition) is 0. The molecule has 0 saturated carbocycles. The summed E-state index contributed by atoms with van der Waals surface area (Å²) in [6.45, 7) is 10.7. The minimum atomic E-state index is -0.547. The minimum absolute atomic E-state index is 0.0912. The molecular weight excluding hydrogens is 312 g/mol. The van der Waals surface area contributed by atoms with Crippen LogP contribution in [0.3, 0.4) is 0 Å². The van der Waals surface area contributed by atoms with Crippen molar-refractivity contribution in [3.8, 4) is 0 Å². The van der Waals surface area contributed by atoms with Gasteiger partial charge < -0.3 is 0 Å². The largest absolute Gasteiger partial charge is 0.346 e. The first-order chi connectivity index (χ1) is 10.9. The van der Waals surface area contributed by atoms with Crippen LogP contribution in [0.4, 0.5) is 0 Å². The molecule has 0 heterocycles. The Morgan fingerprint density at radius 2 is 1.00 bits per heavy atom. The predicted molar refractivity (Wildman–Crippen MR) is 87.7 cm³/mol. The monoisotopic (exact) mass is 338 g/mol. The minimum Gasteiger partial charge on any atom is -0.297 e. The maximum Gasteiger partial charge on any atom is 0.346 e. The highest BCUT2D eigenvalue weighted by Crippen LogP contribution is 2.12. The molecule has 0 aliphatic carbocycles. The van der Waals surface area contributed by atoms with Gasteiger partial charge in [-0.2, -0.15) is 9.78 Å². The average Bonchev–Trinajstić information content (AvgIpc) is 2.44. The van der Waals surface area contributed by atoms with Crippen molar-refractivity contribution in [2.24, 2.45) is 0 Å². The fraction of sp³-hybridized carbons (Fsp3) is 0.556. The molecule has 134 valence electrons. The van der Waals surface area contributed by atoms with E-state index in [-0.39, 0.29) is 12.8 Å². The summed E-state index contributed by atoms with van der Waals surface area (Å²) < 4.78 is 0. The molecular formula is C18H26O6. The Labute approximate surface area is 142 Å². The van der Waals surface area contributed by atoms with Gasteiger partial charge in [-0.25, -0.2) is 9.59 Å². The summed E-state index contributed by atoms with van der Waals surface area (Å²) in [5.74, 6) is -0.952. The van der Waals surface area contributed by atoms with Gasteiger partial charge in [-0.15, -0.1) is 0 Å². The molecule has 0 aliphatic rings. The van der Waals surface area contributed by atoms with Gasteiger partial charge in [-0.05, 0) is 52.7 Å². The Balaban J connectivity index is 2.45. The third kappa shape index (κ3) is 9.27. The van der Waals surface area contributed by atoms with E-state index in [9.17, 15) is 9.59 Å². The predicted octanol–water partition coefficient (Wildman–Crippen LogP) is 3.32. The highest BCUT2D eigenvalue weighted by atomic mass is 17.2. The zero-order valence-electron chi connectivity index (χ0n) is 15.2. The third-order valence-electron chi connectivity index (χ3n) is 2.49. The first-order valence-electron chi connectivity index (χ1n) is 7.79. The molecule has 0 spiro atoms. The fourth-order valence-electron chi connectivity index (χ4n) is 1.51. The van der Waals surface area contributed by atoms with Crippen molar-refractivity contribution in [2.45, 2.75) is 65.6 Å². The van der Waals surface area contributed by atoms with Crippen molar-refractivity contribution in [1.29, 1.82) is 0 Å². The van der Waals surface area contributed by atoms with Gasteiger partial charge in [0.15, 0.2) is 0 Å². The highest BCUT2D eigenvalue weighted by molar-refractivity contribution is 5.73. The molecule has 1 aromatic rings. The van der Waals surface area contributed by atoms with Crippen molar-refractivity contribution >= 4 is 11.9 Å². The summed E-state index contributed by atoms with van der Waals surface area (Å²) >= 11 is 0. The average molecular weight is 338 g/mol. The van der Waals surface area contributed by atoms with Crippen LogP contribution in [-0.4, -0.2) is 23.1 Å². The van der Waals surface area contributed by atoms with Gasteiger partial charge >= 0.3 is 11.9 Å². The van der Waals surface area contributed by atoms with Gasteiger partial charge in [0, 0.05) is 0 Å². The smallest absolute Gasteiger partial charge is 0.297 e. The maximum atomic E-state index is 11.7. The summed E-state index contributed by atoms with van der Waals surface area (Å²) in [6.07, 6.45) is 0.182. The molecule has 0 unspecified atom stereocenters. The molecule has 0 saturated heterocycles. The van der Waals surface area contributed by atoms with Crippen LogP contribution in [0, 0.1) is 0 Å². The van der Waals surface area contributed by atoms with E-state index in [0.717, 1.165) is 11.1 Å². The van der Waals surface area contributed by atoms with Crippen LogP contribution in [0.25, 0.3) is 0 Å². The molecule has 0 atom stereocenters. The Morgan fingerprint density at radius 3 is 1.25 bits per heavy atom. The van der Waals surface area contributed by atoms with Crippen molar-refractivity contribution in [3.05, 3.63) is 35.4 Å². The van der Waals surface area contributed by atoms with Gasteiger partial charge in [-0.3, -0.25) is 9.78 Å². The molecule has 0 aromatic heterocycles. The fourth-order valence-corrected chi connectivity index (χ4v) is 1.51. The first-order valence-corrected chi connectivity index (χ1v) is 7.79. The van der Waals surface area contributed by atoms with E-state index in [1.54, 1.807) is 65.8 Å². The van der Waals surface area contributed by atoms with Crippen molar-refractivity contribution in [1.82, 2.24) is 0 Å². The summed E-state index contributed by atoms with van der Waals surface area (Å²) in [6, 6.07) is 7.02. The Morgan fingerprint density at radius 1 is 0.708 bits per heavy atom. The summed E-state index contributed by atoms with van der Waals surface area (Å²) in [5.41, 5.74) is 0.436. The molecule has 0 aliphatic heterocycles. The zero-order valence-corrected chi connectivity index (χ0v) is 15.2. The number of benzene rings is 1. The molecule has 0 bridgehead atoms. The number of carbonyl (C=O) groups excluding carboxylic acids is 2. The molecule has 6 heteroatoms. The quantitative estimate of drug-likeness (QED) is 0.585. The van der Waals surface area contributed by atoms with Crippen LogP contribution in [0.2, 0.25) is 0 Å². The van der Waals surface area contributed by atoms with E-state index in [2.05, 4.69) is 0 Å². The van der Waals surface area contributed by atoms with Gasteiger partial charge in [0.05, 0.1) is 12.8 Å². The van der Waals surface area contributed by atoms with Crippen LogP contribution < -0.4 is 0 Å². The van der Waals surface area contributed by atoms with E-state index in [1.165, 1.54) is 0 Å². The molecule has 0 N–H and O–H groups in total. The van der Waals surface area contributed by atoms with E-state index < -0.39 is 23.1 Å². The van der Waals surface area contributed by atoms with Crippen molar-refractivity contribution in [2.75, 3.05) is 0 Å². The van der Waals surface area contributed by atoms with Crippen LogP contribution in [0.15, 0.2) is 24.3 Å². The molecule has 0 radical (unpaired) electrons. The molecule has 1 aromatic carbocycles. The SMILES string of the molecule is CC(C)(C)OOC(=O)Cc1ccc(CC(=O)OOC(C)(C)C)cc1. The molecule has 0 amide bonds. The zero-order chi connectivity index (χ0) is 18.4. The first kappa shape index (κ1) is 20.1. The number of rotatable bonds is 6. The molecule has 6 nitrogen and oxygen atoms in total. The van der Waals surface area contributed by atoms with Crippen LogP contribution in [-0.2, 0) is 42.0 Å². The molecule has 24 heavy (non-hydrogen) atoms. The topological polar surface area (TPSA) is 71.1 Å². The lowest BCUT2D eigenvalue weighted by Gasteiger charge is -2.16. The summed E-state index contributed by atoms with van der Waals surface area (Å²) in [7, 11) is 0. The van der Waals surface area contributed by atoms with Crippen molar-refractivity contribution < 1.29 is 29.1 Å². The maximum absolute atomic E-state index is 11.7. The van der Waals surface area contributed by atoms with Crippen LogP contribution in [0.5, 0.6) is 0 Å². The normalized spacial score (nSPS) is 11.9. The lowest BCUT2D eigenvalue weighted by atomic mass is 10.1.